The zero-order valence-corrected chi connectivity index (χ0v) is 19.6. The number of aliphatic hydroxyl groups is 2. The number of phosphoric ester groups is 1. The van der Waals surface area contributed by atoms with Gasteiger partial charge in [0.1, 0.15) is 18.3 Å². The van der Waals surface area contributed by atoms with Crippen LogP contribution in [0.4, 0.5) is 0 Å². The SMILES string of the molecule is O=c1[nH]c(=O)n([C@@H]2O[C@H](COP(=O)(O)OP(=O)(O)OP(=O)(O)O)C(O)[C@@H]2O)cc1Cn1ccnn1. The molecule has 0 aromatic carbocycles. The summed E-state index contributed by atoms with van der Waals surface area (Å²) in [5, 5.41) is 27.7. The third kappa shape index (κ3) is 7.31. The fourth-order valence-electron chi connectivity index (χ4n) is 2.89. The van der Waals surface area contributed by atoms with Gasteiger partial charge < -0.3 is 34.5 Å². The van der Waals surface area contributed by atoms with Crippen LogP contribution in [0.25, 0.3) is 0 Å². The average Bonchev–Trinajstić information content (AvgIpc) is 3.29. The summed E-state index contributed by atoms with van der Waals surface area (Å²) in [4.78, 5) is 62.0. The Morgan fingerprint density at radius 2 is 1.74 bits per heavy atom. The first-order chi connectivity index (χ1) is 16.1. The molecule has 35 heavy (non-hydrogen) atoms. The summed E-state index contributed by atoms with van der Waals surface area (Å²) in [6.45, 7) is -1.21. The Balaban J connectivity index is 1.72. The fourth-order valence-corrected chi connectivity index (χ4v) is 5.92. The van der Waals surface area contributed by atoms with Gasteiger partial charge in [-0.1, -0.05) is 5.21 Å². The monoisotopic (exact) mass is 565 g/mol. The first-order valence-electron chi connectivity index (χ1n) is 9.05. The molecule has 23 heteroatoms. The Morgan fingerprint density at radius 1 is 1.06 bits per heavy atom. The molecule has 1 aliphatic heterocycles. The van der Waals surface area contributed by atoms with E-state index in [4.69, 9.17) is 19.4 Å². The van der Waals surface area contributed by atoms with E-state index >= 15 is 0 Å². The molecule has 3 unspecified atom stereocenters. The van der Waals surface area contributed by atoms with Crippen molar-refractivity contribution in [2.24, 2.45) is 0 Å². The number of hydrogen-bond acceptors (Lipinski definition) is 13. The summed E-state index contributed by atoms with van der Waals surface area (Å²) in [6.07, 6.45) is -3.13. The van der Waals surface area contributed by atoms with Crippen molar-refractivity contribution in [2.75, 3.05) is 6.61 Å². The van der Waals surface area contributed by atoms with Gasteiger partial charge in [-0.05, 0) is 0 Å². The van der Waals surface area contributed by atoms with Crippen molar-refractivity contribution in [1.29, 1.82) is 0 Å². The van der Waals surface area contributed by atoms with Crippen LogP contribution in [0.3, 0.4) is 0 Å². The van der Waals surface area contributed by atoms with Crippen LogP contribution in [0.1, 0.15) is 11.8 Å². The van der Waals surface area contributed by atoms with Gasteiger partial charge in [-0.3, -0.25) is 18.9 Å². The number of aliphatic hydroxyl groups excluding tert-OH is 2. The molecule has 0 saturated carbocycles. The molecule has 0 spiro atoms. The maximum absolute atomic E-state index is 12.3. The summed E-state index contributed by atoms with van der Waals surface area (Å²) < 4.78 is 52.6. The first kappa shape index (κ1) is 27.7. The molecule has 7 N–H and O–H groups in total. The predicted molar refractivity (Wildman–Crippen MR) is 106 cm³/mol. The third-order valence-corrected chi connectivity index (χ3v) is 8.08. The summed E-state index contributed by atoms with van der Waals surface area (Å²) >= 11 is 0. The number of aromatic amines is 1. The molecule has 1 fully saturated rings. The van der Waals surface area contributed by atoms with E-state index in [1.165, 1.54) is 17.1 Å². The highest BCUT2D eigenvalue weighted by atomic mass is 31.3. The van der Waals surface area contributed by atoms with Crippen LogP contribution >= 0.6 is 23.5 Å². The van der Waals surface area contributed by atoms with E-state index in [0.717, 1.165) is 10.8 Å². The number of ether oxygens (including phenoxy) is 1. The maximum Gasteiger partial charge on any atom is 0.490 e. The minimum atomic E-state index is -5.77. The van der Waals surface area contributed by atoms with Crippen LogP contribution in [0.2, 0.25) is 0 Å². The minimum absolute atomic E-state index is 0.0166. The van der Waals surface area contributed by atoms with Gasteiger partial charge >= 0.3 is 29.2 Å². The van der Waals surface area contributed by atoms with E-state index in [9.17, 15) is 38.4 Å². The van der Waals surface area contributed by atoms with Gasteiger partial charge in [-0.2, -0.15) is 8.62 Å². The van der Waals surface area contributed by atoms with Crippen molar-refractivity contribution in [1.82, 2.24) is 24.5 Å². The van der Waals surface area contributed by atoms with E-state index in [2.05, 4.69) is 23.5 Å². The average molecular weight is 565 g/mol. The van der Waals surface area contributed by atoms with Gasteiger partial charge in [0.2, 0.25) is 0 Å². The van der Waals surface area contributed by atoms with Crippen molar-refractivity contribution in [2.45, 2.75) is 31.1 Å². The van der Waals surface area contributed by atoms with Gasteiger partial charge in [0, 0.05) is 12.4 Å². The van der Waals surface area contributed by atoms with E-state index in [0.29, 0.717) is 0 Å². The van der Waals surface area contributed by atoms with E-state index in [1.54, 1.807) is 0 Å². The Bertz CT molecular complexity index is 1300. The molecule has 1 saturated heterocycles. The van der Waals surface area contributed by atoms with Crippen LogP contribution in [0, 0.1) is 0 Å². The molecule has 2 aromatic rings. The Kier molecular flexibility index (Phi) is 8.10. The second-order valence-electron chi connectivity index (χ2n) is 6.85. The van der Waals surface area contributed by atoms with Crippen molar-refractivity contribution >= 4 is 23.5 Å². The number of phosphoric acid groups is 3. The Hall–Kier alpha value is -1.89. The summed E-state index contributed by atoms with van der Waals surface area (Å²) in [7, 11) is -16.9. The van der Waals surface area contributed by atoms with Gasteiger partial charge in [0.25, 0.3) is 5.56 Å². The van der Waals surface area contributed by atoms with Gasteiger partial charge in [-0.25, -0.2) is 23.2 Å². The van der Waals surface area contributed by atoms with Gasteiger partial charge in [0.15, 0.2) is 6.23 Å². The third-order valence-electron chi connectivity index (χ3n) is 4.28. The second kappa shape index (κ2) is 10.2. The number of H-pyrrole nitrogens is 1. The van der Waals surface area contributed by atoms with Crippen LogP contribution in [-0.2, 0) is 38.1 Å². The maximum atomic E-state index is 12.3. The Morgan fingerprint density at radius 3 is 2.34 bits per heavy atom. The lowest BCUT2D eigenvalue weighted by atomic mass is 10.1. The van der Waals surface area contributed by atoms with Crippen molar-refractivity contribution < 1.29 is 61.4 Å². The molecule has 1 aliphatic rings. The molecule has 0 aliphatic carbocycles. The first-order valence-corrected chi connectivity index (χ1v) is 13.6. The second-order valence-corrected chi connectivity index (χ2v) is 11.3. The zero-order valence-electron chi connectivity index (χ0n) is 16.9. The lowest BCUT2D eigenvalue weighted by Gasteiger charge is -2.19. The standard InChI is InChI=1S/C12H18N5O15P3/c18-8-7(5-29-34(25,26)32-35(27,28)31-33(22,23)24)30-11(9(8)19)17-4-6(10(20)14-12(17)21)3-16-2-1-13-15-16/h1-2,4,7-9,11,18-19H,3,5H2,(H,25,26)(H,27,28)(H,14,20,21)(H2,22,23,24)/t7-,8?,9+,11-/m1/s1. The molecule has 0 bridgehead atoms. The highest BCUT2D eigenvalue weighted by Crippen LogP contribution is 2.66. The molecule has 0 amide bonds. The summed E-state index contributed by atoms with van der Waals surface area (Å²) in [5.74, 6) is 0. The normalized spacial score (nSPS) is 26.3. The van der Waals surface area contributed by atoms with Crippen molar-refractivity contribution in [3.05, 3.63) is 45.0 Å². The number of nitrogens with one attached hydrogen (secondary N) is 1. The fraction of sp³-hybridized carbons (Fsp3) is 0.500. The zero-order chi connectivity index (χ0) is 26.2. The number of aromatic nitrogens is 5. The molecular weight excluding hydrogens is 547 g/mol. The number of rotatable bonds is 10. The van der Waals surface area contributed by atoms with Crippen LogP contribution < -0.4 is 11.2 Å². The van der Waals surface area contributed by atoms with Gasteiger partial charge in [-0.15, -0.1) is 5.10 Å². The number of hydrogen-bond donors (Lipinski definition) is 7. The Labute approximate surface area is 192 Å². The summed E-state index contributed by atoms with van der Waals surface area (Å²) in [5.41, 5.74) is -1.83. The molecule has 2 aromatic heterocycles. The quantitative estimate of drug-likeness (QED) is 0.142. The lowest BCUT2D eigenvalue weighted by Crippen LogP contribution is -2.39. The topological polar surface area (TPSA) is 295 Å². The van der Waals surface area contributed by atoms with E-state index < -0.39 is 65.9 Å². The molecule has 6 atom stereocenters. The predicted octanol–water partition coefficient (Wildman–Crippen LogP) is -2.86. The highest BCUT2D eigenvalue weighted by Gasteiger charge is 2.46. The largest absolute Gasteiger partial charge is 0.490 e. The summed E-state index contributed by atoms with van der Waals surface area (Å²) in [6, 6.07) is 0. The smallest absolute Gasteiger partial charge is 0.387 e. The van der Waals surface area contributed by atoms with Crippen molar-refractivity contribution in [3.63, 3.8) is 0 Å². The van der Waals surface area contributed by atoms with E-state index in [-0.39, 0.29) is 12.1 Å². The van der Waals surface area contributed by atoms with Gasteiger partial charge in [0.05, 0.1) is 24.9 Å². The molecule has 3 rings (SSSR count). The highest BCUT2D eigenvalue weighted by molar-refractivity contribution is 7.66. The van der Waals surface area contributed by atoms with Crippen molar-refractivity contribution in [3.8, 4) is 0 Å². The minimum Gasteiger partial charge on any atom is -0.387 e. The molecule has 3 heterocycles. The molecule has 0 radical (unpaired) electrons. The van der Waals surface area contributed by atoms with E-state index in [1.807, 2.05) is 4.98 Å². The van der Waals surface area contributed by atoms with Crippen LogP contribution in [0.5, 0.6) is 0 Å². The van der Waals surface area contributed by atoms with Crippen LogP contribution in [0.15, 0.2) is 28.2 Å². The van der Waals surface area contributed by atoms with Crippen LogP contribution in [-0.4, -0.2) is 79.3 Å². The molecule has 20 nitrogen and oxygen atoms in total. The number of nitrogens with zero attached hydrogens (tertiary/aromatic N) is 4. The lowest BCUT2D eigenvalue weighted by molar-refractivity contribution is -0.0543. The molecule has 196 valence electrons. The molecular formula is C12H18N5O15P3.